The first-order chi connectivity index (χ1) is 8.74. The van der Waals surface area contributed by atoms with Crippen molar-refractivity contribution < 1.29 is 19.1 Å². The zero-order valence-electron chi connectivity index (χ0n) is 9.51. The van der Waals surface area contributed by atoms with Crippen molar-refractivity contribution in [2.24, 2.45) is 0 Å². The van der Waals surface area contributed by atoms with Crippen LogP contribution in [0.15, 0.2) is 36.4 Å². The van der Waals surface area contributed by atoms with E-state index in [9.17, 15) is 9.59 Å². The van der Waals surface area contributed by atoms with Crippen molar-refractivity contribution in [3.63, 3.8) is 0 Å². The van der Waals surface area contributed by atoms with Crippen molar-refractivity contribution in [1.82, 2.24) is 0 Å². The first kappa shape index (κ1) is 10.8. The van der Waals surface area contributed by atoms with Gasteiger partial charge in [0.2, 0.25) is 0 Å². The molecule has 4 nitrogen and oxygen atoms in total. The molecule has 0 atom stereocenters. The van der Waals surface area contributed by atoms with Crippen LogP contribution in [-0.4, -0.2) is 25.2 Å². The van der Waals surface area contributed by atoms with Gasteiger partial charge in [0.25, 0.3) is 0 Å². The largest absolute Gasteiger partial charge is 0.458 e. The Morgan fingerprint density at radius 3 is 1.72 bits per heavy atom. The molecule has 0 unspecified atom stereocenters. The Morgan fingerprint density at radius 2 is 1.22 bits per heavy atom. The molecule has 1 heterocycles. The fourth-order valence-electron chi connectivity index (χ4n) is 1.94. The summed E-state index contributed by atoms with van der Waals surface area (Å²) in [5, 5.41) is 1.78. The average Bonchev–Trinajstić information content (AvgIpc) is 2.41. The van der Waals surface area contributed by atoms with Crippen LogP contribution >= 0.6 is 0 Å². The topological polar surface area (TPSA) is 52.6 Å². The van der Waals surface area contributed by atoms with Gasteiger partial charge < -0.3 is 9.47 Å². The molecule has 0 aliphatic carbocycles. The van der Waals surface area contributed by atoms with Gasteiger partial charge in [0, 0.05) is 0 Å². The van der Waals surface area contributed by atoms with Gasteiger partial charge in [-0.1, -0.05) is 12.1 Å². The monoisotopic (exact) mass is 242 g/mol. The van der Waals surface area contributed by atoms with Crippen LogP contribution in [0.5, 0.6) is 0 Å². The van der Waals surface area contributed by atoms with E-state index in [4.69, 9.17) is 9.47 Å². The van der Waals surface area contributed by atoms with Crippen molar-refractivity contribution in [3.05, 3.63) is 47.5 Å². The van der Waals surface area contributed by atoms with E-state index < -0.39 is 11.9 Å². The number of carbonyl (C=O) groups is 2. The van der Waals surface area contributed by atoms with Crippen molar-refractivity contribution in [1.29, 1.82) is 0 Å². The third-order valence-corrected chi connectivity index (χ3v) is 2.86. The number of cyclic esters (lactones) is 2. The van der Waals surface area contributed by atoms with E-state index >= 15 is 0 Å². The minimum atomic E-state index is -0.403. The van der Waals surface area contributed by atoms with Gasteiger partial charge in [-0.25, -0.2) is 9.59 Å². The van der Waals surface area contributed by atoms with Crippen molar-refractivity contribution in [3.8, 4) is 0 Å². The molecule has 90 valence electrons. The average molecular weight is 242 g/mol. The van der Waals surface area contributed by atoms with Crippen LogP contribution in [0.3, 0.4) is 0 Å². The molecule has 2 aromatic rings. The van der Waals surface area contributed by atoms with Crippen molar-refractivity contribution in [2.75, 3.05) is 13.2 Å². The number of rotatable bonds is 0. The lowest BCUT2D eigenvalue weighted by molar-refractivity contribution is 0.0266. The third-order valence-electron chi connectivity index (χ3n) is 2.86. The Bertz CT molecular complexity index is 593. The van der Waals surface area contributed by atoms with Gasteiger partial charge in [-0.2, -0.15) is 0 Å². The number of fused-ring (bicyclic) bond motifs is 2. The SMILES string of the molecule is O=C1OCCOC(=O)c2ccc3ccc1cc3c2. The second-order valence-electron chi connectivity index (χ2n) is 4.05. The maximum atomic E-state index is 11.7. The predicted molar refractivity (Wildman–Crippen MR) is 64.5 cm³/mol. The van der Waals surface area contributed by atoms with E-state index in [2.05, 4.69) is 0 Å². The van der Waals surface area contributed by atoms with Crippen LogP contribution in [-0.2, 0) is 9.47 Å². The van der Waals surface area contributed by atoms with E-state index in [1.54, 1.807) is 24.3 Å². The Labute approximate surface area is 103 Å². The highest BCUT2D eigenvalue weighted by Crippen LogP contribution is 2.19. The first-order valence-electron chi connectivity index (χ1n) is 5.62. The zero-order valence-corrected chi connectivity index (χ0v) is 9.51. The van der Waals surface area contributed by atoms with E-state index in [1.807, 2.05) is 12.1 Å². The zero-order chi connectivity index (χ0) is 12.5. The van der Waals surface area contributed by atoms with Gasteiger partial charge in [-0.3, -0.25) is 0 Å². The number of hydrogen-bond donors (Lipinski definition) is 0. The highest BCUT2D eigenvalue weighted by molar-refractivity contribution is 5.99. The molecule has 1 aliphatic heterocycles. The highest BCUT2D eigenvalue weighted by atomic mass is 16.6. The Balaban J connectivity index is 2.21. The molecule has 1 aliphatic rings. The molecule has 0 radical (unpaired) electrons. The van der Waals surface area contributed by atoms with Crippen LogP contribution in [0.1, 0.15) is 20.7 Å². The van der Waals surface area contributed by atoms with E-state index in [-0.39, 0.29) is 13.2 Å². The minimum absolute atomic E-state index is 0.0681. The van der Waals surface area contributed by atoms with Gasteiger partial charge >= 0.3 is 11.9 Å². The molecule has 0 aromatic heterocycles. The molecule has 0 spiro atoms. The molecule has 0 amide bonds. The summed E-state index contributed by atoms with van der Waals surface area (Å²) in [5.74, 6) is -0.805. The Kier molecular flexibility index (Phi) is 2.48. The van der Waals surface area contributed by atoms with E-state index in [0.717, 1.165) is 10.8 Å². The molecule has 3 rings (SSSR count). The van der Waals surface area contributed by atoms with Crippen molar-refractivity contribution >= 4 is 22.7 Å². The quantitative estimate of drug-likeness (QED) is 0.664. The van der Waals surface area contributed by atoms with E-state index in [0.29, 0.717) is 11.1 Å². The first-order valence-corrected chi connectivity index (χ1v) is 5.62. The van der Waals surface area contributed by atoms with Crippen LogP contribution < -0.4 is 0 Å². The molecule has 2 aromatic carbocycles. The number of carbonyl (C=O) groups excluding carboxylic acids is 2. The molecular formula is C14H10O4. The van der Waals surface area contributed by atoms with Gasteiger partial charge in [-0.05, 0) is 35.0 Å². The lowest BCUT2D eigenvalue weighted by Crippen LogP contribution is -2.13. The van der Waals surface area contributed by atoms with Gasteiger partial charge in [0.15, 0.2) is 0 Å². The summed E-state index contributed by atoms with van der Waals surface area (Å²) in [5.41, 5.74) is 0.961. The molecular weight excluding hydrogens is 232 g/mol. The van der Waals surface area contributed by atoms with Crippen LogP contribution in [0.25, 0.3) is 10.8 Å². The summed E-state index contributed by atoms with van der Waals surface area (Å²) in [4.78, 5) is 23.4. The maximum absolute atomic E-state index is 11.7. The second-order valence-corrected chi connectivity index (χ2v) is 4.05. The fraction of sp³-hybridized carbons (Fsp3) is 0.143. The van der Waals surface area contributed by atoms with Gasteiger partial charge in [0.05, 0.1) is 11.1 Å². The lowest BCUT2D eigenvalue weighted by Gasteiger charge is -2.04. The van der Waals surface area contributed by atoms with Crippen LogP contribution in [0, 0.1) is 0 Å². The molecule has 0 saturated heterocycles. The maximum Gasteiger partial charge on any atom is 0.338 e. The number of esters is 2. The standard InChI is InChI=1S/C14H10O4/c15-13-10-3-1-9-2-4-11(8-12(9)7-10)14(16)18-6-5-17-13/h1-4,7-8H,5-6H2. The number of ether oxygens (including phenoxy) is 2. The Hall–Kier alpha value is -2.36. The summed E-state index contributed by atoms with van der Waals surface area (Å²) in [6, 6.07) is 10.5. The molecule has 0 saturated carbocycles. The minimum Gasteiger partial charge on any atom is -0.458 e. The molecule has 3 bridgehead atoms. The van der Waals surface area contributed by atoms with Gasteiger partial charge in [-0.15, -0.1) is 0 Å². The number of benzene rings is 2. The molecule has 4 heteroatoms. The van der Waals surface area contributed by atoms with Crippen LogP contribution in [0.2, 0.25) is 0 Å². The second kappa shape index (κ2) is 4.14. The smallest absolute Gasteiger partial charge is 0.338 e. The van der Waals surface area contributed by atoms with Gasteiger partial charge in [0.1, 0.15) is 13.2 Å². The molecule has 18 heavy (non-hydrogen) atoms. The summed E-state index contributed by atoms with van der Waals surface area (Å²) in [6.07, 6.45) is 0. The normalized spacial score (nSPS) is 15.3. The van der Waals surface area contributed by atoms with Crippen LogP contribution in [0.4, 0.5) is 0 Å². The summed E-state index contributed by atoms with van der Waals surface area (Å²) in [7, 11) is 0. The fourth-order valence-corrected chi connectivity index (χ4v) is 1.94. The molecule has 0 N–H and O–H groups in total. The predicted octanol–water partition coefficient (Wildman–Crippen LogP) is 2.17. The van der Waals surface area contributed by atoms with Crippen molar-refractivity contribution in [2.45, 2.75) is 0 Å². The van der Waals surface area contributed by atoms with E-state index in [1.165, 1.54) is 0 Å². The molecule has 0 fully saturated rings. The summed E-state index contributed by atoms with van der Waals surface area (Å²) >= 11 is 0. The number of hydrogen-bond acceptors (Lipinski definition) is 4. The summed E-state index contributed by atoms with van der Waals surface area (Å²) < 4.78 is 9.99. The Morgan fingerprint density at radius 1 is 0.722 bits per heavy atom. The summed E-state index contributed by atoms with van der Waals surface area (Å²) in [6.45, 7) is 0.136. The lowest BCUT2D eigenvalue weighted by atomic mass is 10.0. The third kappa shape index (κ3) is 1.82. The highest BCUT2D eigenvalue weighted by Gasteiger charge is 2.13.